The maximum absolute atomic E-state index is 13.1. The van der Waals surface area contributed by atoms with Crippen LogP contribution in [0.1, 0.15) is 32.3 Å². The van der Waals surface area contributed by atoms with Gasteiger partial charge < -0.3 is 24.5 Å². The van der Waals surface area contributed by atoms with E-state index in [4.69, 9.17) is 4.74 Å². The first-order chi connectivity index (χ1) is 13.8. The van der Waals surface area contributed by atoms with Gasteiger partial charge in [0.25, 0.3) is 0 Å². The molecule has 6 nitrogen and oxygen atoms in total. The SMILES string of the molecule is C[C@H](CO)N1C[C@H](C)[C@H](CN(C)CC2CC2)Oc2ccc(N(C)C)cc2CC1=O. The Hall–Kier alpha value is -1.79. The Bertz CT molecular complexity index is 705. The maximum atomic E-state index is 13.1. The minimum atomic E-state index is -0.201. The van der Waals surface area contributed by atoms with E-state index in [2.05, 4.69) is 24.9 Å². The molecule has 2 aliphatic rings. The number of amides is 1. The molecule has 3 rings (SSSR count). The molecule has 0 radical (unpaired) electrons. The molecule has 1 aromatic carbocycles. The van der Waals surface area contributed by atoms with Gasteiger partial charge in [0, 0.05) is 50.9 Å². The van der Waals surface area contributed by atoms with Crippen LogP contribution in [0.4, 0.5) is 5.69 Å². The fourth-order valence-corrected chi connectivity index (χ4v) is 4.03. The monoisotopic (exact) mass is 403 g/mol. The Morgan fingerprint density at radius 1 is 1.24 bits per heavy atom. The van der Waals surface area contributed by atoms with Crippen LogP contribution in [-0.2, 0) is 11.2 Å². The lowest BCUT2D eigenvalue weighted by Gasteiger charge is -2.34. The van der Waals surface area contributed by atoms with Crippen molar-refractivity contribution in [2.45, 2.75) is 45.3 Å². The fourth-order valence-electron chi connectivity index (χ4n) is 4.03. The molecule has 0 bridgehead atoms. The fraction of sp³-hybridized carbons (Fsp3) is 0.696. The Labute approximate surface area is 175 Å². The number of nitrogens with zero attached hydrogens (tertiary/aromatic N) is 3. The van der Waals surface area contributed by atoms with E-state index in [1.807, 2.05) is 43.0 Å². The summed E-state index contributed by atoms with van der Waals surface area (Å²) in [7, 11) is 6.16. The van der Waals surface area contributed by atoms with Gasteiger partial charge in [-0.3, -0.25) is 4.79 Å². The molecule has 0 aromatic heterocycles. The van der Waals surface area contributed by atoms with Crippen LogP contribution in [0, 0.1) is 11.8 Å². The molecule has 1 saturated carbocycles. The smallest absolute Gasteiger partial charge is 0.227 e. The second-order valence-corrected chi connectivity index (χ2v) is 9.24. The molecule has 1 fully saturated rings. The highest BCUT2D eigenvalue weighted by Gasteiger charge is 2.32. The van der Waals surface area contributed by atoms with E-state index in [-0.39, 0.29) is 30.6 Å². The van der Waals surface area contributed by atoms with Crippen molar-refractivity contribution in [3.8, 4) is 5.75 Å². The molecule has 1 heterocycles. The van der Waals surface area contributed by atoms with E-state index in [1.165, 1.54) is 12.8 Å². The van der Waals surface area contributed by atoms with Crippen molar-refractivity contribution in [3.05, 3.63) is 23.8 Å². The van der Waals surface area contributed by atoms with Crippen LogP contribution < -0.4 is 9.64 Å². The lowest BCUT2D eigenvalue weighted by atomic mass is 10.0. The van der Waals surface area contributed by atoms with Crippen LogP contribution in [-0.4, -0.2) is 80.3 Å². The predicted molar refractivity (Wildman–Crippen MR) is 117 cm³/mol. The lowest BCUT2D eigenvalue weighted by molar-refractivity contribution is -0.134. The van der Waals surface area contributed by atoms with Crippen molar-refractivity contribution in [1.82, 2.24) is 9.80 Å². The highest BCUT2D eigenvalue weighted by molar-refractivity contribution is 5.80. The van der Waals surface area contributed by atoms with E-state index < -0.39 is 0 Å². The minimum Gasteiger partial charge on any atom is -0.488 e. The molecule has 162 valence electrons. The molecule has 1 aliphatic carbocycles. The van der Waals surface area contributed by atoms with Crippen molar-refractivity contribution >= 4 is 11.6 Å². The topological polar surface area (TPSA) is 56.2 Å². The number of ether oxygens (including phenoxy) is 1. The minimum absolute atomic E-state index is 0.0120. The van der Waals surface area contributed by atoms with Gasteiger partial charge in [-0.1, -0.05) is 6.92 Å². The zero-order chi connectivity index (χ0) is 21.1. The molecule has 0 saturated heterocycles. The molecule has 1 aliphatic heterocycles. The van der Waals surface area contributed by atoms with Gasteiger partial charge in [-0.15, -0.1) is 0 Å². The summed E-state index contributed by atoms with van der Waals surface area (Å²) < 4.78 is 6.55. The van der Waals surface area contributed by atoms with Gasteiger partial charge >= 0.3 is 0 Å². The van der Waals surface area contributed by atoms with Gasteiger partial charge in [0.1, 0.15) is 11.9 Å². The highest BCUT2D eigenvalue weighted by atomic mass is 16.5. The quantitative estimate of drug-likeness (QED) is 0.757. The maximum Gasteiger partial charge on any atom is 0.227 e. The number of fused-ring (bicyclic) bond motifs is 1. The number of hydrogen-bond acceptors (Lipinski definition) is 5. The summed E-state index contributed by atoms with van der Waals surface area (Å²) in [5.74, 6) is 1.84. The van der Waals surface area contributed by atoms with Crippen molar-refractivity contribution in [2.75, 3.05) is 52.3 Å². The lowest BCUT2D eigenvalue weighted by Crippen LogP contribution is -2.47. The Kier molecular flexibility index (Phi) is 7.06. The second kappa shape index (κ2) is 9.35. The van der Waals surface area contributed by atoms with E-state index in [0.29, 0.717) is 13.0 Å². The number of carbonyl (C=O) groups is 1. The summed E-state index contributed by atoms with van der Waals surface area (Å²) >= 11 is 0. The molecule has 29 heavy (non-hydrogen) atoms. The van der Waals surface area contributed by atoms with E-state index in [9.17, 15) is 9.90 Å². The third-order valence-electron chi connectivity index (χ3n) is 6.17. The number of anilines is 1. The van der Waals surface area contributed by atoms with E-state index >= 15 is 0 Å². The molecule has 1 aromatic rings. The van der Waals surface area contributed by atoms with Crippen molar-refractivity contribution in [3.63, 3.8) is 0 Å². The highest BCUT2D eigenvalue weighted by Crippen LogP contribution is 2.31. The van der Waals surface area contributed by atoms with Crippen LogP contribution in [0.3, 0.4) is 0 Å². The van der Waals surface area contributed by atoms with Gasteiger partial charge in [-0.2, -0.15) is 0 Å². The number of aliphatic hydroxyl groups excluding tert-OH is 1. The number of benzene rings is 1. The predicted octanol–water partition coefficient (Wildman–Crippen LogP) is 2.24. The molecular formula is C23H37N3O3. The summed E-state index contributed by atoms with van der Waals surface area (Å²) in [5, 5.41) is 9.71. The Balaban J connectivity index is 1.90. The number of likely N-dealkylation sites (N-methyl/N-ethyl adjacent to an activating group) is 1. The summed E-state index contributed by atoms with van der Waals surface area (Å²) in [6.45, 7) is 6.57. The third-order valence-corrected chi connectivity index (χ3v) is 6.17. The molecule has 3 atom stereocenters. The van der Waals surface area contributed by atoms with Crippen molar-refractivity contribution in [2.24, 2.45) is 11.8 Å². The van der Waals surface area contributed by atoms with Gasteiger partial charge in [-0.25, -0.2) is 0 Å². The normalized spacial score (nSPS) is 23.7. The van der Waals surface area contributed by atoms with Crippen LogP contribution in [0.25, 0.3) is 0 Å². The van der Waals surface area contributed by atoms with Crippen LogP contribution in [0.15, 0.2) is 18.2 Å². The average Bonchev–Trinajstić information content (AvgIpc) is 3.48. The zero-order valence-corrected chi connectivity index (χ0v) is 18.6. The van der Waals surface area contributed by atoms with Crippen molar-refractivity contribution in [1.29, 1.82) is 0 Å². The summed E-state index contributed by atoms with van der Waals surface area (Å²) in [6.07, 6.45) is 2.94. The summed E-state index contributed by atoms with van der Waals surface area (Å²) in [4.78, 5) is 19.4. The van der Waals surface area contributed by atoms with Gasteiger partial charge in [0.05, 0.1) is 19.1 Å². The largest absolute Gasteiger partial charge is 0.488 e. The van der Waals surface area contributed by atoms with Gasteiger partial charge in [0.2, 0.25) is 5.91 Å². The van der Waals surface area contributed by atoms with Gasteiger partial charge in [-0.05, 0) is 50.9 Å². The molecular weight excluding hydrogens is 366 g/mol. The number of hydrogen-bond donors (Lipinski definition) is 1. The molecule has 1 amide bonds. The van der Waals surface area contributed by atoms with Crippen molar-refractivity contribution < 1.29 is 14.6 Å². The first kappa shape index (κ1) is 21.9. The first-order valence-corrected chi connectivity index (χ1v) is 10.8. The third kappa shape index (κ3) is 5.64. The average molecular weight is 404 g/mol. The summed E-state index contributed by atoms with van der Waals surface area (Å²) in [5.41, 5.74) is 1.97. The molecule has 6 heteroatoms. The number of carbonyl (C=O) groups excluding carboxylic acids is 1. The number of aliphatic hydroxyl groups is 1. The number of rotatable bonds is 7. The van der Waals surface area contributed by atoms with Gasteiger partial charge in [0.15, 0.2) is 0 Å². The molecule has 0 unspecified atom stereocenters. The Morgan fingerprint density at radius 3 is 2.59 bits per heavy atom. The van der Waals surface area contributed by atoms with Crippen LogP contribution in [0.2, 0.25) is 0 Å². The molecule has 0 spiro atoms. The molecule has 1 N–H and O–H groups in total. The summed E-state index contributed by atoms with van der Waals surface area (Å²) in [6, 6.07) is 5.90. The van der Waals surface area contributed by atoms with Crippen LogP contribution >= 0.6 is 0 Å². The van der Waals surface area contributed by atoms with Crippen LogP contribution in [0.5, 0.6) is 5.75 Å². The first-order valence-electron chi connectivity index (χ1n) is 10.8. The zero-order valence-electron chi connectivity index (χ0n) is 18.6. The second-order valence-electron chi connectivity index (χ2n) is 9.24. The van der Waals surface area contributed by atoms with E-state index in [1.54, 1.807) is 0 Å². The van der Waals surface area contributed by atoms with E-state index in [0.717, 1.165) is 36.0 Å². The Morgan fingerprint density at radius 2 is 1.97 bits per heavy atom. The standard InChI is InChI=1S/C23H37N3O3/c1-16-12-26(17(2)15-27)23(28)11-19-10-20(24(3)4)8-9-21(19)29-22(16)14-25(5)13-18-6-7-18/h8-10,16-18,22,27H,6-7,11-15H2,1-5H3/t16-,17+,22-/m0/s1.